The zero-order valence-corrected chi connectivity index (χ0v) is 24.3. The van der Waals surface area contributed by atoms with Crippen LogP contribution < -0.4 is 0 Å². The highest BCUT2D eigenvalue weighted by Gasteiger charge is 2.54. The molecule has 1 aromatic heterocycles. The van der Waals surface area contributed by atoms with E-state index in [1.54, 1.807) is 12.1 Å². The Labute approximate surface area is 230 Å². The molecule has 3 aromatic rings. The maximum atomic E-state index is 13.7. The number of methoxy groups -OCH3 is 1. The molecule has 0 fully saturated rings. The molecule has 2 aromatic carbocycles. The maximum Gasteiger partial charge on any atom is 0.272 e. The largest absolute Gasteiger partial charge is 0.369 e. The lowest BCUT2D eigenvalue weighted by atomic mass is 9.63. The molecule has 1 aliphatic carbocycles. The second kappa shape index (κ2) is 10.9. The van der Waals surface area contributed by atoms with Gasteiger partial charge in [0.15, 0.2) is 5.82 Å². The summed E-state index contributed by atoms with van der Waals surface area (Å²) in [5.74, 6) is -0.357. The molecule has 39 heavy (non-hydrogen) atoms. The van der Waals surface area contributed by atoms with Gasteiger partial charge in [0.05, 0.1) is 16.6 Å². The minimum atomic E-state index is -4.58. The lowest BCUT2D eigenvalue weighted by Gasteiger charge is -2.45. The van der Waals surface area contributed by atoms with E-state index in [1.165, 1.54) is 19.2 Å². The van der Waals surface area contributed by atoms with Gasteiger partial charge in [-0.2, -0.15) is 8.42 Å². The van der Waals surface area contributed by atoms with Crippen LogP contribution in [0.5, 0.6) is 0 Å². The Morgan fingerprint density at radius 3 is 2.13 bits per heavy atom. The lowest BCUT2D eigenvalue weighted by Crippen LogP contribution is -2.51. The van der Waals surface area contributed by atoms with Gasteiger partial charge in [-0.15, -0.1) is 0 Å². The number of allylic oxidation sites excluding steroid dienone is 3. The SMILES string of the molecule is COC(c1ccc(F)cc1)c1nc(C2(C(C)C)C=C(C(C)C)C=C(C(C)C)C2S(=O)(=O)O)c2ccccc2n1. The van der Waals surface area contributed by atoms with Gasteiger partial charge >= 0.3 is 0 Å². The molecule has 3 unspecified atom stereocenters. The first-order valence-corrected chi connectivity index (χ1v) is 14.8. The molecule has 0 bridgehead atoms. The summed E-state index contributed by atoms with van der Waals surface area (Å²) in [6.45, 7) is 11.9. The van der Waals surface area contributed by atoms with Crippen LogP contribution in [0.25, 0.3) is 10.9 Å². The molecule has 0 spiro atoms. The Morgan fingerprint density at radius 2 is 1.59 bits per heavy atom. The van der Waals surface area contributed by atoms with Gasteiger partial charge in [-0.1, -0.05) is 84.0 Å². The van der Waals surface area contributed by atoms with Gasteiger partial charge in [-0.05, 0) is 52.7 Å². The molecular weight excluding hydrogens is 515 g/mol. The molecule has 0 amide bonds. The monoisotopic (exact) mass is 552 g/mol. The zero-order valence-electron chi connectivity index (χ0n) is 23.5. The van der Waals surface area contributed by atoms with Crippen molar-refractivity contribution < 1.29 is 22.1 Å². The van der Waals surface area contributed by atoms with Gasteiger partial charge < -0.3 is 4.74 Å². The van der Waals surface area contributed by atoms with Crippen molar-refractivity contribution in [2.75, 3.05) is 7.11 Å². The van der Waals surface area contributed by atoms with Crippen LogP contribution in [-0.2, 0) is 20.3 Å². The van der Waals surface area contributed by atoms with E-state index in [9.17, 15) is 17.4 Å². The average Bonchev–Trinajstić information content (AvgIpc) is 2.88. The van der Waals surface area contributed by atoms with Crippen LogP contribution in [-0.4, -0.2) is 35.3 Å². The van der Waals surface area contributed by atoms with E-state index in [4.69, 9.17) is 14.7 Å². The molecule has 0 saturated carbocycles. The van der Waals surface area contributed by atoms with Crippen LogP contribution in [0.4, 0.5) is 4.39 Å². The van der Waals surface area contributed by atoms with Crippen molar-refractivity contribution in [1.29, 1.82) is 0 Å². The molecular formula is C31H37FN2O4S. The van der Waals surface area contributed by atoms with Crippen LogP contribution in [0, 0.1) is 23.6 Å². The quantitative estimate of drug-likeness (QED) is 0.308. The Balaban J connectivity index is 2.14. The van der Waals surface area contributed by atoms with Crippen molar-refractivity contribution in [1.82, 2.24) is 9.97 Å². The molecule has 6 nitrogen and oxygen atoms in total. The number of hydrogen-bond donors (Lipinski definition) is 1. The normalized spacial score (nSPS) is 21.0. The summed E-state index contributed by atoms with van der Waals surface area (Å²) >= 11 is 0. The summed E-state index contributed by atoms with van der Waals surface area (Å²) in [6, 6.07) is 13.4. The highest BCUT2D eigenvalue weighted by atomic mass is 32.2. The summed E-state index contributed by atoms with van der Waals surface area (Å²) in [7, 11) is -3.05. The average molecular weight is 553 g/mol. The number of rotatable bonds is 8. The second-order valence-electron chi connectivity index (χ2n) is 11.2. The number of para-hydroxylation sites is 1. The molecule has 0 aliphatic heterocycles. The Morgan fingerprint density at radius 1 is 0.949 bits per heavy atom. The first-order valence-electron chi connectivity index (χ1n) is 13.3. The van der Waals surface area contributed by atoms with E-state index in [1.807, 2.05) is 64.1 Å². The van der Waals surface area contributed by atoms with E-state index in [2.05, 4.69) is 13.8 Å². The van der Waals surface area contributed by atoms with E-state index < -0.39 is 26.9 Å². The van der Waals surface area contributed by atoms with Crippen molar-refractivity contribution in [3.8, 4) is 0 Å². The van der Waals surface area contributed by atoms with E-state index in [-0.39, 0.29) is 23.6 Å². The van der Waals surface area contributed by atoms with Crippen molar-refractivity contribution >= 4 is 21.0 Å². The van der Waals surface area contributed by atoms with Crippen LogP contribution in [0.3, 0.4) is 0 Å². The minimum Gasteiger partial charge on any atom is -0.369 e. The molecule has 208 valence electrons. The van der Waals surface area contributed by atoms with E-state index >= 15 is 0 Å². The topological polar surface area (TPSA) is 89.4 Å². The standard InChI is InChI=1S/C31H37FN2O4S/c1-18(2)22-16-25(19(3)4)29(39(35,36)37)31(17-22,20(5)6)28-24-10-8-9-11-26(24)33-30(34-28)27(38-7)21-12-14-23(32)15-13-21/h8-20,27,29H,1-7H3,(H,35,36,37). The molecule has 1 aliphatic rings. The molecule has 1 heterocycles. The summed E-state index contributed by atoms with van der Waals surface area (Å²) in [5.41, 5.74) is 2.21. The van der Waals surface area contributed by atoms with Crippen LogP contribution >= 0.6 is 0 Å². The van der Waals surface area contributed by atoms with Crippen molar-refractivity contribution in [3.05, 3.63) is 94.7 Å². The van der Waals surface area contributed by atoms with E-state index in [0.717, 1.165) is 5.57 Å². The fraction of sp³-hybridized carbons (Fsp3) is 0.419. The fourth-order valence-electron chi connectivity index (χ4n) is 5.66. The predicted octanol–water partition coefficient (Wildman–Crippen LogP) is 6.83. The number of hydrogen-bond acceptors (Lipinski definition) is 5. The molecule has 1 N–H and O–H groups in total. The number of aromatic nitrogens is 2. The summed E-state index contributed by atoms with van der Waals surface area (Å²) in [5, 5.41) is -0.549. The fourth-order valence-corrected chi connectivity index (χ4v) is 7.29. The lowest BCUT2D eigenvalue weighted by molar-refractivity contribution is 0.128. The highest BCUT2D eigenvalue weighted by Crippen LogP contribution is 2.50. The third-order valence-electron chi connectivity index (χ3n) is 7.74. The van der Waals surface area contributed by atoms with Gasteiger partial charge in [0.1, 0.15) is 17.2 Å². The maximum absolute atomic E-state index is 13.7. The van der Waals surface area contributed by atoms with E-state index in [0.29, 0.717) is 33.6 Å². The molecule has 3 atom stereocenters. The molecule has 0 radical (unpaired) electrons. The minimum absolute atomic E-state index is 0.109. The third kappa shape index (κ3) is 5.30. The predicted molar refractivity (Wildman–Crippen MR) is 152 cm³/mol. The number of fused-ring (bicyclic) bond motifs is 1. The Hall–Kier alpha value is -2.94. The molecule has 4 rings (SSSR count). The number of ether oxygens (including phenoxy) is 1. The van der Waals surface area contributed by atoms with Gasteiger partial charge in [-0.3, -0.25) is 4.55 Å². The summed E-state index contributed by atoms with van der Waals surface area (Å²) in [6.07, 6.45) is 3.19. The van der Waals surface area contributed by atoms with Crippen molar-refractivity contribution in [2.24, 2.45) is 17.8 Å². The molecule has 8 heteroatoms. The van der Waals surface area contributed by atoms with Crippen LogP contribution in [0.15, 0.2) is 71.8 Å². The van der Waals surface area contributed by atoms with Gasteiger partial charge in [0.25, 0.3) is 10.1 Å². The number of benzene rings is 2. The summed E-state index contributed by atoms with van der Waals surface area (Å²) in [4.78, 5) is 9.87. The first-order chi connectivity index (χ1) is 18.3. The Kier molecular flexibility index (Phi) is 8.13. The summed E-state index contributed by atoms with van der Waals surface area (Å²) < 4.78 is 57.0. The van der Waals surface area contributed by atoms with Crippen molar-refractivity contribution in [2.45, 2.75) is 58.3 Å². The van der Waals surface area contributed by atoms with Crippen LogP contribution in [0.1, 0.15) is 64.7 Å². The molecule has 0 saturated heterocycles. The smallest absolute Gasteiger partial charge is 0.272 e. The third-order valence-corrected chi connectivity index (χ3v) is 8.99. The van der Waals surface area contributed by atoms with Crippen molar-refractivity contribution in [3.63, 3.8) is 0 Å². The Bertz CT molecular complexity index is 1530. The van der Waals surface area contributed by atoms with Crippen LogP contribution in [0.2, 0.25) is 0 Å². The highest BCUT2D eigenvalue weighted by molar-refractivity contribution is 7.86. The first kappa shape index (κ1) is 29.1. The van der Waals surface area contributed by atoms with Gasteiger partial charge in [0, 0.05) is 12.5 Å². The van der Waals surface area contributed by atoms with Gasteiger partial charge in [-0.25, -0.2) is 14.4 Å². The zero-order chi connectivity index (χ0) is 28.7. The van der Waals surface area contributed by atoms with Gasteiger partial charge in [0.2, 0.25) is 0 Å². The number of nitrogens with zero attached hydrogens (tertiary/aromatic N) is 2. The second-order valence-corrected chi connectivity index (χ2v) is 12.7. The number of halogens is 1.